The van der Waals surface area contributed by atoms with Crippen LogP contribution in [0.15, 0.2) is 59.6 Å². The van der Waals surface area contributed by atoms with Crippen molar-refractivity contribution >= 4 is 38.3 Å². The van der Waals surface area contributed by atoms with Crippen LogP contribution in [0, 0.1) is 11.6 Å². The number of hydrogen-bond acceptors (Lipinski definition) is 8. The van der Waals surface area contributed by atoms with E-state index in [0.717, 1.165) is 12.1 Å². The highest BCUT2D eigenvalue weighted by Gasteiger charge is 2.23. The van der Waals surface area contributed by atoms with Crippen molar-refractivity contribution in [2.75, 3.05) is 43.9 Å². The number of halogens is 2. The van der Waals surface area contributed by atoms with Crippen LogP contribution in [-0.2, 0) is 14.8 Å². The number of pyridine rings is 2. The Morgan fingerprint density at radius 3 is 2.56 bits per heavy atom. The molecule has 2 aromatic carbocycles. The third-order valence-electron chi connectivity index (χ3n) is 6.18. The van der Waals surface area contributed by atoms with Crippen LogP contribution in [0.2, 0.25) is 0 Å². The molecule has 202 valence electrons. The van der Waals surface area contributed by atoms with E-state index < -0.39 is 26.6 Å². The van der Waals surface area contributed by atoms with E-state index in [1.54, 1.807) is 29.2 Å². The van der Waals surface area contributed by atoms with Crippen LogP contribution in [-0.4, -0.2) is 62.6 Å². The van der Waals surface area contributed by atoms with Gasteiger partial charge in [0.1, 0.15) is 28.0 Å². The molecule has 0 bridgehead atoms. The highest BCUT2D eigenvalue weighted by molar-refractivity contribution is 7.92. The number of rotatable bonds is 6. The van der Waals surface area contributed by atoms with Gasteiger partial charge in [0.25, 0.3) is 15.9 Å². The zero-order chi connectivity index (χ0) is 27.7. The van der Waals surface area contributed by atoms with Crippen LogP contribution in [0.3, 0.4) is 0 Å². The van der Waals surface area contributed by atoms with Gasteiger partial charge >= 0.3 is 0 Å². The number of aromatic nitrogens is 2. The Kier molecular flexibility index (Phi) is 7.02. The standard InChI is InChI=1S/C26H23F2N5O5S/c1-37-25-22(32-39(35,36)23-5-3-18(27)13-20(23)28)12-17(14-30-25)15-2-4-21-16(10-15)11-19(24(29)31-21)26(34)33-6-8-38-9-7-33/h2-5,10-14,32H,6-9H2,1H3,(H2,29,31). The number of nitrogen functional groups attached to an aromatic ring is 1. The van der Waals surface area contributed by atoms with Gasteiger partial charge in [0.15, 0.2) is 0 Å². The summed E-state index contributed by atoms with van der Waals surface area (Å²) < 4.78 is 66.0. The molecule has 1 fully saturated rings. The first kappa shape index (κ1) is 26.3. The fraction of sp³-hybridized carbons (Fsp3) is 0.192. The summed E-state index contributed by atoms with van der Waals surface area (Å²) >= 11 is 0. The van der Waals surface area contributed by atoms with E-state index in [1.165, 1.54) is 19.4 Å². The van der Waals surface area contributed by atoms with Gasteiger partial charge in [-0.05, 0) is 42.0 Å². The average molecular weight is 556 g/mol. The average Bonchev–Trinajstić information content (AvgIpc) is 2.92. The van der Waals surface area contributed by atoms with Crippen molar-refractivity contribution in [2.24, 2.45) is 0 Å². The Hall–Kier alpha value is -4.36. The molecule has 3 heterocycles. The lowest BCUT2D eigenvalue weighted by atomic mass is 10.0. The van der Waals surface area contributed by atoms with E-state index in [4.69, 9.17) is 15.2 Å². The predicted molar refractivity (Wildman–Crippen MR) is 140 cm³/mol. The second kappa shape index (κ2) is 10.4. The summed E-state index contributed by atoms with van der Waals surface area (Å²) in [4.78, 5) is 22.5. The van der Waals surface area contributed by atoms with Gasteiger partial charge in [0.2, 0.25) is 5.88 Å². The van der Waals surface area contributed by atoms with E-state index in [9.17, 15) is 22.0 Å². The van der Waals surface area contributed by atoms with Crippen LogP contribution in [0.1, 0.15) is 10.4 Å². The highest BCUT2D eigenvalue weighted by atomic mass is 32.2. The first-order valence-electron chi connectivity index (χ1n) is 11.8. The molecule has 2 aromatic heterocycles. The number of hydrogen-bond donors (Lipinski definition) is 2. The van der Waals surface area contributed by atoms with Gasteiger partial charge in [0.05, 0.1) is 31.4 Å². The summed E-state index contributed by atoms with van der Waals surface area (Å²) in [5.41, 5.74) is 7.98. The van der Waals surface area contributed by atoms with Crippen molar-refractivity contribution in [1.82, 2.24) is 14.9 Å². The number of methoxy groups -OCH3 is 1. The van der Waals surface area contributed by atoms with Gasteiger partial charge in [-0.3, -0.25) is 9.52 Å². The molecule has 0 spiro atoms. The Morgan fingerprint density at radius 2 is 1.85 bits per heavy atom. The second-order valence-electron chi connectivity index (χ2n) is 8.69. The minimum atomic E-state index is -4.44. The fourth-order valence-electron chi connectivity index (χ4n) is 4.22. The Bertz CT molecular complexity index is 1690. The normalized spacial score (nSPS) is 13.9. The molecular formula is C26H23F2N5O5S. The molecule has 1 aliphatic heterocycles. The van der Waals surface area contributed by atoms with Gasteiger partial charge in [-0.2, -0.15) is 0 Å². The first-order valence-corrected chi connectivity index (χ1v) is 13.2. The maximum absolute atomic E-state index is 14.2. The summed E-state index contributed by atoms with van der Waals surface area (Å²) in [5.74, 6) is -2.34. The quantitative estimate of drug-likeness (QED) is 0.369. The molecule has 0 unspecified atom stereocenters. The van der Waals surface area contributed by atoms with Crippen molar-refractivity contribution in [3.05, 3.63) is 71.9 Å². The lowest BCUT2D eigenvalue weighted by Gasteiger charge is -2.27. The summed E-state index contributed by atoms with van der Waals surface area (Å²) in [7, 11) is -3.14. The number of nitrogens with two attached hydrogens (primary N) is 1. The third-order valence-corrected chi connectivity index (χ3v) is 7.58. The third kappa shape index (κ3) is 5.31. The number of amides is 1. The summed E-state index contributed by atoms with van der Waals surface area (Å²) in [6.45, 7) is 1.80. The van der Waals surface area contributed by atoms with Crippen molar-refractivity contribution in [1.29, 1.82) is 0 Å². The molecule has 5 rings (SSSR count). The Labute approximate surface area is 222 Å². The molecule has 13 heteroatoms. The van der Waals surface area contributed by atoms with Crippen LogP contribution in [0.25, 0.3) is 22.0 Å². The maximum atomic E-state index is 14.2. The van der Waals surface area contributed by atoms with Gasteiger partial charge in [-0.25, -0.2) is 27.2 Å². The topological polar surface area (TPSA) is 137 Å². The lowest BCUT2D eigenvalue weighted by Crippen LogP contribution is -2.41. The summed E-state index contributed by atoms with van der Waals surface area (Å²) in [6, 6.07) is 10.5. The zero-order valence-corrected chi connectivity index (χ0v) is 21.5. The van der Waals surface area contributed by atoms with Gasteiger partial charge < -0.3 is 20.1 Å². The number of carbonyl (C=O) groups is 1. The number of anilines is 2. The van der Waals surface area contributed by atoms with E-state index in [-0.39, 0.29) is 28.9 Å². The molecule has 0 radical (unpaired) electrons. The molecule has 1 saturated heterocycles. The molecule has 10 nitrogen and oxygen atoms in total. The summed E-state index contributed by atoms with van der Waals surface area (Å²) in [6.07, 6.45) is 1.47. The molecule has 0 aliphatic carbocycles. The minimum absolute atomic E-state index is 0.0570. The van der Waals surface area contributed by atoms with Gasteiger partial charge in [-0.15, -0.1) is 0 Å². The number of nitrogens with zero attached hydrogens (tertiary/aromatic N) is 3. The molecule has 1 amide bonds. The number of fused-ring (bicyclic) bond motifs is 1. The van der Waals surface area contributed by atoms with Crippen molar-refractivity contribution in [2.45, 2.75) is 4.90 Å². The van der Waals surface area contributed by atoms with Crippen molar-refractivity contribution < 1.29 is 31.5 Å². The monoisotopic (exact) mass is 555 g/mol. The number of benzene rings is 2. The van der Waals surface area contributed by atoms with E-state index in [0.29, 0.717) is 54.4 Å². The minimum Gasteiger partial charge on any atom is -0.480 e. The highest BCUT2D eigenvalue weighted by Crippen LogP contribution is 2.32. The molecule has 4 aromatic rings. The fourth-order valence-corrected chi connectivity index (χ4v) is 5.33. The van der Waals surface area contributed by atoms with Crippen molar-refractivity contribution in [3.63, 3.8) is 0 Å². The lowest BCUT2D eigenvalue weighted by molar-refractivity contribution is 0.0303. The van der Waals surface area contributed by atoms with Crippen LogP contribution in [0.4, 0.5) is 20.3 Å². The first-order chi connectivity index (χ1) is 18.7. The molecule has 3 N–H and O–H groups in total. The number of sulfonamides is 1. The van der Waals surface area contributed by atoms with Crippen molar-refractivity contribution in [3.8, 4) is 17.0 Å². The molecule has 0 saturated carbocycles. The van der Waals surface area contributed by atoms with E-state index >= 15 is 0 Å². The number of morpholine rings is 1. The van der Waals surface area contributed by atoms with E-state index in [1.807, 2.05) is 0 Å². The summed E-state index contributed by atoms with van der Waals surface area (Å²) in [5, 5.41) is 0.629. The van der Waals surface area contributed by atoms with E-state index in [2.05, 4.69) is 14.7 Å². The molecule has 39 heavy (non-hydrogen) atoms. The largest absolute Gasteiger partial charge is 0.480 e. The number of ether oxygens (including phenoxy) is 2. The van der Waals surface area contributed by atoms with Gasteiger partial charge in [-0.1, -0.05) is 6.07 Å². The second-order valence-corrected chi connectivity index (χ2v) is 10.3. The maximum Gasteiger partial charge on any atom is 0.264 e. The van der Waals surface area contributed by atoms with Crippen LogP contribution in [0.5, 0.6) is 5.88 Å². The molecule has 0 atom stereocenters. The number of nitrogens with one attached hydrogen (secondary N) is 1. The zero-order valence-electron chi connectivity index (χ0n) is 20.6. The molecule has 1 aliphatic rings. The predicted octanol–water partition coefficient (Wildman–Crippen LogP) is 3.44. The van der Waals surface area contributed by atoms with Gasteiger partial charge in [0, 0.05) is 36.3 Å². The smallest absolute Gasteiger partial charge is 0.264 e. The Morgan fingerprint density at radius 1 is 1.08 bits per heavy atom. The Balaban J connectivity index is 1.51. The van der Waals surface area contributed by atoms with Crippen LogP contribution < -0.4 is 15.2 Å². The van der Waals surface area contributed by atoms with Crippen LogP contribution >= 0.6 is 0 Å². The SMILES string of the molecule is COc1ncc(-c2ccc3nc(N)c(C(=O)N4CCOCC4)cc3c2)cc1NS(=O)(=O)c1ccc(F)cc1F. The molecular weight excluding hydrogens is 532 g/mol. The number of carbonyl (C=O) groups excluding carboxylic acids is 1.